The first-order chi connectivity index (χ1) is 6.98. The summed E-state index contributed by atoms with van der Waals surface area (Å²) < 4.78 is 0. The monoisotopic (exact) mass is 312 g/mol. The van der Waals surface area contributed by atoms with E-state index >= 15 is 0 Å². The Morgan fingerprint density at radius 3 is 1.00 bits per heavy atom. The van der Waals surface area contributed by atoms with Crippen molar-refractivity contribution in [1.82, 2.24) is 0 Å². The van der Waals surface area contributed by atoms with Crippen LogP contribution in [-0.4, -0.2) is 23.0 Å². The smallest absolute Gasteiger partial charge is 0.256 e. The first-order valence-corrected chi connectivity index (χ1v) is 16.6. The summed E-state index contributed by atoms with van der Waals surface area (Å²) in [6, 6.07) is 0. The zero-order valence-electron chi connectivity index (χ0n) is 14.2. The molecule has 0 saturated carbocycles. The van der Waals surface area contributed by atoms with Gasteiger partial charge in [-0.3, -0.25) is 7.83 Å². The maximum Gasteiger partial charge on any atom is 1.00 e. The second kappa shape index (κ2) is 7.91. The van der Waals surface area contributed by atoms with Gasteiger partial charge in [-0.2, -0.15) is 6.55 Å². The van der Waals surface area contributed by atoms with Crippen LogP contribution in [0.5, 0.6) is 0 Å². The molecule has 0 bridgehead atoms. The van der Waals surface area contributed by atoms with Gasteiger partial charge < -0.3 is 0 Å². The van der Waals surface area contributed by atoms with Gasteiger partial charge in [0.25, 0.3) is 0 Å². The van der Waals surface area contributed by atoms with Gasteiger partial charge in [0.2, 0.25) is 0 Å². The van der Waals surface area contributed by atoms with Gasteiger partial charge in [0.1, 0.15) is 0 Å². The first-order valence-electron chi connectivity index (χ1n) is 6.83. The van der Waals surface area contributed by atoms with Crippen molar-refractivity contribution >= 4 is 23.0 Å². The molecule has 98 valence electrons. The Balaban J connectivity index is 0. The standard InChI is InChI=1S/C13H33Si3.K/c1-11(2)16(12(3)4,13(5)6)14(7)15(8,9)10;/h11-13H,1-10H3;/q-1;+1. The molecule has 0 spiro atoms. The van der Waals surface area contributed by atoms with E-state index < -0.39 is 15.2 Å². The van der Waals surface area contributed by atoms with E-state index in [9.17, 15) is 0 Å². The van der Waals surface area contributed by atoms with Crippen LogP contribution in [-0.2, 0) is 0 Å². The van der Waals surface area contributed by atoms with Gasteiger partial charge in [-0.05, 0) is 0 Å². The third-order valence-electron chi connectivity index (χ3n) is 4.64. The fraction of sp³-hybridized carbons (Fsp3) is 1.00. The molecule has 0 amide bonds. The second-order valence-electron chi connectivity index (χ2n) is 7.27. The molecule has 0 N–H and O–H groups in total. The van der Waals surface area contributed by atoms with E-state index in [1.165, 1.54) is 0 Å². The molecule has 17 heavy (non-hydrogen) atoms. The molecule has 0 rings (SSSR count). The van der Waals surface area contributed by atoms with Crippen LogP contribution in [0.25, 0.3) is 0 Å². The van der Waals surface area contributed by atoms with Crippen LogP contribution < -0.4 is 51.4 Å². The Labute approximate surface area is 156 Å². The molecular formula is C13H33KSi3. The molecule has 0 unspecified atom stereocenters. The van der Waals surface area contributed by atoms with E-state index in [0.717, 1.165) is 16.6 Å². The summed E-state index contributed by atoms with van der Waals surface area (Å²) in [7, 11) is -2.15. The minimum Gasteiger partial charge on any atom is -0.256 e. The molecular weight excluding hydrogens is 279 g/mol. The largest absolute Gasteiger partial charge is 1.00 e. The van der Waals surface area contributed by atoms with Crippen molar-refractivity contribution in [2.45, 2.75) is 84.4 Å². The van der Waals surface area contributed by atoms with Crippen molar-refractivity contribution in [2.75, 3.05) is 0 Å². The Hall–Kier alpha value is 2.29. The topological polar surface area (TPSA) is 0 Å². The summed E-state index contributed by atoms with van der Waals surface area (Å²) in [6.45, 7) is 25.6. The maximum absolute atomic E-state index is 2.68. The Kier molecular flexibility index (Phi) is 10.0. The van der Waals surface area contributed by atoms with Crippen LogP contribution in [0.2, 0.25) is 42.8 Å². The third-order valence-corrected chi connectivity index (χ3v) is 40.4. The van der Waals surface area contributed by atoms with Gasteiger partial charge >= 0.3 is 51.4 Å². The van der Waals surface area contributed by atoms with Crippen LogP contribution in [0.1, 0.15) is 41.5 Å². The van der Waals surface area contributed by atoms with Crippen molar-refractivity contribution < 1.29 is 51.4 Å². The second-order valence-corrected chi connectivity index (χ2v) is 31.5. The maximum atomic E-state index is 2.68. The van der Waals surface area contributed by atoms with E-state index in [-0.39, 0.29) is 59.2 Å². The molecule has 0 aliphatic rings. The minimum atomic E-state index is -1.10. The molecule has 0 aliphatic heterocycles. The minimum absolute atomic E-state index is 0. The van der Waals surface area contributed by atoms with Crippen LogP contribution in [0.4, 0.5) is 0 Å². The van der Waals surface area contributed by atoms with E-state index in [0.29, 0.717) is 0 Å². The molecule has 0 atom stereocenters. The predicted octanol–water partition coefficient (Wildman–Crippen LogP) is 2.29. The fourth-order valence-corrected chi connectivity index (χ4v) is 43.0. The number of rotatable bonds is 5. The van der Waals surface area contributed by atoms with E-state index in [1.54, 1.807) is 0 Å². The van der Waals surface area contributed by atoms with Gasteiger partial charge in [0.15, 0.2) is 0 Å². The van der Waals surface area contributed by atoms with Gasteiger partial charge in [0.05, 0.1) is 0 Å². The number of hydrogen-bond donors (Lipinski definition) is 0. The Morgan fingerprint density at radius 1 is 0.706 bits per heavy atom. The Morgan fingerprint density at radius 2 is 0.941 bits per heavy atom. The molecule has 0 aromatic rings. The van der Waals surface area contributed by atoms with Crippen LogP contribution in [0, 0.1) is 0 Å². The molecule has 0 aromatic heterocycles. The summed E-state index contributed by atoms with van der Waals surface area (Å²) in [6.07, 6.45) is 0. The molecule has 0 fully saturated rings. The zero-order chi connectivity index (χ0) is 13.3. The van der Waals surface area contributed by atoms with E-state index in [4.69, 9.17) is 0 Å². The van der Waals surface area contributed by atoms with E-state index in [1.807, 2.05) is 0 Å². The Bertz CT molecular complexity index is 197. The van der Waals surface area contributed by atoms with Crippen LogP contribution in [0.15, 0.2) is 0 Å². The quantitative estimate of drug-likeness (QED) is 0.683. The third kappa shape index (κ3) is 4.65. The van der Waals surface area contributed by atoms with Crippen molar-refractivity contribution in [3.05, 3.63) is 0 Å². The molecule has 0 radical (unpaired) electrons. The first kappa shape index (κ1) is 21.6. The predicted molar refractivity (Wildman–Crippen MR) is 86.0 cm³/mol. The fourth-order valence-electron chi connectivity index (χ4n) is 3.95. The van der Waals surface area contributed by atoms with Crippen molar-refractivity contribution in [2.24, 2.45) is 0 Å². The molecule has 4 heteroatoms. The molecule has 0 nitrogen and oxygen atoms in total. The molecule has 0 aliphatic carbocycles. The van der Waals surface area contributed by atoms with Crippen molar-refractivity contribution in [3.8, 4) is 0 Å². The van der Waals surface area contributed by atoms with Gasteiger partial charge in [-0.1, -0.05) is 85.4 Å². The van der Waals surface area contributed by atoms with Crippen LogP contribution in [0.3, 0.4) is 0 Å². The normalized spacial score (nSPS) is 13.8. The molecule has 0 saturated heterocycles. The van der Waals surface area contributed by atoms with Gasteiger partial charge in [-0.25, -0.2) is 0 Å². The summed E-state index contributed by atoms with van der Waals surface area (Å²) in [5, 5.41) is 0. The average Bonchev–Trinajstić information content (AvgIpc) is 2.00. The summed E-state index contributed by atoms with van der Waals surface area (Å²) in [5.74, 6) is 0. The summed E-state index contributed by atoms with van der Waals surface area (Å²) >= 11 is 0. The van der Waals surface area contributed by atoms with E-state index in [2.05, 4.69) is 67.7 Å². The van der Waals surface area contributed by atoms with Crippen molar-refractivity contribution in [1.29, 1.82) is 0 Å². The molecule has 0 aromatic carbocycles. The number of hydrogen-bond acceptors (Lipinski definition) is 0. The summed E-state index contributed by atoms with van der Waals surface area (Å²) in [4.78, 5) is 0. The van der Waals surface area contributed by atoms with Gasteiger partial charge in [0, 0.05) is 0 Å². The average molecular weight is 313 g/mol. The van der Waals surface area contributed by atoms with Gasteiger partial charge in [-0.15, -0.1) is 7.59 Å². The SMILES string of the molecule is CC(C)[Si](C(C)C)(C(C)C)[Si-](C)[Si](C)(C)C.[K+]. The van der Waals surface area contributed by atoms with Crippen molar-refractivity contribution in [3.63, 3.8) is 0 Å². The molecule has 0 heterocycles. The summed E-state index contributed by atoms with van der Waals surface area (Å²) in [5.41, 5.74) is 2.87. The zero-order valence-corrected chi connectivity index (χ0v) is 20.4. The van der Waals surface area contributed by atoms with Crippen LogP contribution >= 0.6 is 0 Å².